The van der Waals surface area contributed by atoms with Gasteiger partial charge in [-0.3, -0.25) is 10.2 Å². The number of aliphatic carboxylic acids is 1. The van der Waals surface area contributed by atoms with Crippen molar-refractivity contribution < 1.29 is 23.1 Å². The molecule has 10 heteroatoms. The van der Waals surface area contributed by atoms with Crippen molar-refractivity contribution in [2.24, 2.45) is 11.5 Å². The van der Waals surface area contributed by atoms with Crippen LogP contribution in [0.2, 0.25) is 0 Å². The van der Waals surface area contributed by atoms with Gasteiger partial charge >= 0.3 is 5.97 Å². The molecule has 0 bridgehead atoms. The van der Waals surface area contributed by atoms with Crippen molar-refractivity contribution in [2.45, 2.75) is 44.6 Å². The van der Waals surface area contributed by atoms with Gasteiger partial charge < -0.3 is 21.3 Å². The molecule has 146 valence electrons. The summed E-state index contributed by atoms with van der Waals surface area (Å²) in [4.78, 5) is 10.8. The Morgan fingerprint density at radius 2 is 1.92 bits per heavy atom. The van der Waals surface area contributed by atoms with Crippen LogP contribution in [0.4, 0.5) is 0 Å². The van der Waals surface area contributed by atoms with Crippen LogP contribution in [0.5, 0.6) is 5.75 Å². The number of methoxy groups -OCH3 is 1. The third-order valence-electron chi connectivity index (χ3n) is 4.21. The molecular weight excluding hydrogens is 360 g/mol. The second-order valence-electron chi connectivity index (χ2n) is 6.02. The van der Waals surface area contributed by atoms with Gasteiger partial charge in [0.2, 0.25) is 5.96 Å². The Hall–Kier alpha value is -2.33. The third-order valence-corrected chi connectivity index (χ3v) is 6.31. The molecule has 0 unspecified atom stereocenters. The normalized spacial score (nSPS) is 12.5. The predicted octanol–water partition coefficient (Wildman–Crippen LogP) is 0.697. The number of carboxylic acids is 1. The maximum absolute atomic E-state index is 13.1. The van der Waals surface area contributed by atoms with Crippen LogP contribution < -0.4 is 16.2 Å². The Bertz CT molecular complexity index is 807. The summed E-state index contributed by atoms with van der Waals surface area (Å²) in [6, 6.07) is 0.520. The molecule has 0 spiro atoms. The highest BCUT2D eigenvalue weighted by Gasteiger charge is 2.30. The number of benzene rings is 1. The second-order valence-corrected chi connectivity index (χ2v) is 7.82. The summed E-state index contributed by atoms with van der Waals surface area (Å²) in [7, 11) is -2.58. The Labute approximate surface area is 153 Å². The summed E-state index contributed by atoms with van der Waals surface area (Å²) in [5.74, 6) is -1.23. The van der Waals surface area contributed by atoms with Gasteiger partial charge in [-0.1, -0.05) is 0 Å². The first-order valence-corrected chi connectivity index (χ1v) is 9.39. The monoisotopic (exact) mass is 386 g/mol. The number of hydrogen-bond acceptors (Lipinski definition) is 6. The SMILES string of the molecule is COc1cc(C)c(S(=O)(=O)N(CCC[C@H](N)C(=O)O)C(=N)N)c(C)c1C. The van der Waals surface area contributed by atoms with Crippen molar-refractivity contribution in [3.8, 4) is 5.75 Å². The van der Waals surface area contributed by atoms with Crippen LogP contribution in [0.3, 0.4) is 0 Å². The molecule has 0 heterocycles. The molecule has 0 amide bonds. The number of hydrogen-bond donors (Lipinski definition) is 4. The molecule has 0 aromatic heterocycles. The standard InChI is InChI=1S/C16H26N4O5S/c1-9-8-13(25-4)10(2)11(3)14(9)26(23,24)20(16(18)19)7-5-6-12(17)15(21)22/h8,12H,5-7,17H2,1-4H3,(H3,18,19)(H,21,22)/t12-/m0/s1. The fourth-order valence-corrected chi connectivity index (χ4v) is 4.54. The van der Waals surface area contributed by atoms with Gasteiger partial charge in [0.15, 0.2) is 0 Å². The fraction of sp³-hybridized carbons (Fsp3) is 0.500. The van der Waals surface area contributed by atoms with E-state index in [1.807, 2.05) is 0 Å². The summed E-state index contributed by atoms with van der Waals surface area (Å²) in [6.07, 6.45) is 0.216. The van der Waals surface area contributed by atoms with Crippen molar-refractivity contribution in [1.29, 1.82) is 5.41 Å². The zero-order chi connectivity index (χ0) is 20.2. The number of ether oxygens (including phenoxy) is 1. The molecule has 26 heavy (non-hydrogen) atoms. The lowest BCUT2D eigenvalue weighted by Crippen LogP contribution is -2.43. The van der Waals surface area contributed by atoms with E-state index >= 15 is 0 Å². The summed E-state index contributed by atoms with van der Waals surface area (Å²) < 4.78 is 32.2. The third kappa shape index (κ3) is 4.44. The molecule has 9 nitrogen and oxygen atoms in total. The summed E-state index contributed by atoms with van der Waals surface area (Å²) >= 11 is 0. The van der Waals surface area contributed by atoms with E-state index < -0.39 is 28.0 Å². The van der Waals surface area contributed by atoms with Gasteiger partial charge in [0, 0.05) is 6.54 Å². The van der Waals surface area contributed by atoms with Crippen LogP contribution in [-0.4, -0.2) is 49.5 Å². The quantitative estimate of drug-likeness (QED) is 0.378. The summed E-state index contributed by atoms with van der Waals surface area (Å²) in [5.41, 5.74) is 12.6. The van der Waals surface area contributed by atoms with Crippen molar-refractivity contribution in [2.75, 3.05) is 13.7 Å². The van der Waals surface area contributed by atoms with E-state index in [0.29, 0.717) is 22.4 Å². The van der Waals surface area contributed by atoms with Crippen LogP contribution in [0.15, 0.2) is 11.0 Å². The lowest BCUT2D eigenvalue weighted by molar-refractivity contribution is -0.138. The van der Waals surface area contributed by atoms with Gasteiger partial charge in [-0.05, 0) is 56.4 Å². The zero-order valence-corrected chi connectivity index (χ0v) is 16.2. The summed E-state index contributed by atoms with van der Waals surface area (Å²) in [5, 5.41) is 16.5. The Kier molecular flexibility index (Phi) is 6.99. The molecule has 1 aromatic rings. The molecule has 0 saturated heterocycles. The first kappa shape index (κ1) is 21.7. The van der Waals surface area contributed by atoms with Crippen molar-refractivity contribution >= 4 is 22.0 Å². The van der Waals surface area contributed by atoms with Gasteiger partial charge in [0.1, 0.15) is 11.8 Å². The molecule has 0 aliphatic rings. The molecule has 1 rings (SSSR count). The Balaban J connectivity index is 3.26. The second kappa shape index (κ2) is 8.37. The number of carboxylic acid groups (broad SMARTS) is 1. The molecule has 0 aliphatic heterocycles. The Morgan fingerprint density at radius 3 is 2.38 bits per heavy atom. The molecule has 0 saturated carbocycles. The first-order chi connectivity index (χ1) is 11.9. The van der Waals surface area contributed by atoms with Crippen molar-refractivity contribution in [3.63, 3.8) is 0 Å². The van der Waals surface area contributed by atoms with E-state index in [0.717, 1.165) is 4.31 Å². The largest absolute Gasteiger partial charge is 0.496 e. The number of nitrogens with two attached hydrogens (primary N) is 2. The molecule has 0 fully saturated rings. The lowest BCUT2D eigenvalue weighted by atomic mass is 10.1. The average molecular weight is 386 g/mol. The number of carbonyl (C=O) groups is 1. The Morgan fingerprint density at radius 1 is 1.35 bits per heavy atom. The van der Waals surface area contributed by atoms with Crippen LogP contribution in [-0.2, 0) is 14.8 Å². The summed E-state index contributed by atoms with van der Waals surface area (Å²) in [6.45, 7) is 4.91. The first-order valence-electron chi connectivity index (χ1n) is 7.95. The molecular formula is C16H26N4O5S. The predicted molar refractivity (Wildman–Crippen MR) is 97.9 cm³/mol. The molecule has 1 atom stereocenters. The number of sulfonamides is 1. The van der Waals surface area contributed by atoms with Gasteiger partial charge in [0.05, 0.1) is 12.0 Å². The van der Waals surface area contributed by atoms with Crippen LogP contribution >= 0.6 is 0 Å². The highest BCUT2D eigenvalue weighted by Crippen LogP contribution is 2.32. The smallest absolute Gasteiger partial charge is 0.320 e. The minimum absolute atomic E-state index is 0.0635. The molecule has 0 aliphatic carbocycles. The van der Waals surface area contributed by atoms with Gasteiger partial charge in [0.25, 0.3) is 10.0 Å². The average Bonchev–Trinajstić information content (AvgIpc) is 2.53. The number of rotatable bonds is 8. The number of guanidine groups is 1. The van der Waals surface area contributed by atoms with Crippen LogP contribution in [0, 0.1) is 26.2 Å². The van der Waals surface area contributed by atoms with E-state index in [1.165, 1.54) is 7.11 Å². The topological polar surface area (TPSA) is 160 Å². The number of nitrogens with one attached hydrogen (secondary N) is 1. The van der Waals surface area contributed by atoms with Crippen molar-refractivity contribution in [3.05, 3.63) is 22.8 Å². The van der Waals surface area contributed by atoms with Crippen LogP contribution in [0.25, 0.3) is 0 Å². The number of aryl methyl sites for hydroxylation is 1. The van der Waals surface area contributed by atoms with Gasteiger partial charge in [-0.2, -0.15) is 0 Å². The van der Waals surface area contributed by atoms with E-state index in [2.05, 4.69) is 0 Å². The zero-order valence-electron chi connectivity index (χ0n) is 15.4. The maximum Gasteiger partial charge on any atom is 0.320 e. The molecule has 1 aromatic carbocycles. The minimum atomic E-state index is -4.09. The van der Waals surface area contributed by atoms with E-state index in [-0.39, 0.29) is 24.3 Å². The maximum atomic E-state index is 13.1. The van der Waals surface area contributed by atoms with E-state index in [1.54, 1.807) is 26.8 Å². The van der Waals surface area contributed by atoms with E-state index in [4.69, 9.17) is 26.7 Å². The fourth-order valence-electron chi connectivity index (χ4n) is 2.69. The molecule has 6 N–H and O–H groups in total. The van der Waals surface area contributed by atoms with Gasteiger partial charge in [-0.25, -0.2) is 12.7 Å². The minimum Gasteiger partial charge on any atom is -0.496 e. The molecule has 0 radical (unpaired) electrons. The van der Waals surface area contributed by atoms with E-state index in [9.17, 15) is 13.2 Å². The highest BCUT2D eigenvalue weighted by atomic mass is 32.2. The van der Waals surface area contributed by atoms with Crippen LogP contribution in [0.1, 0.15) is 29.5 Å². The highest BCUT2D eigenvalue weighted by molar-refractivity contribution is 7.89. The van der Waals surface area contributed by atoms with Gasteiger partial charge in [-0.15, -0.1) is 0 Å². The number of nitrogens with zero attached hydrogens (tertiary/aromatic N) is 1. The lowest BCUT2D eigenvalue weighted by Gasteiger charge is -2.25. The van der Waals surface area contributed by atoms with Crippen molar-refractivity contribution in [1.82, 2.24) is 4.31 Å².